The molecule has 0 unspecified atom stereocenters. The van der Waals surface area contributed by atoms with Gasteiger partial charge >= 0.3 is 0 Å². The van der Waals surface area contributed by atoms with E-state index in [1.807, 2.05) is 13.1 Å². The minimum Gasteiger partial charge on any atom is -0.507 e. The molecule has 0 spiro atoms. The second kappa shape index (κ2) is 7.07. The lowest BCUT2D eigenvalue weighted by molar-refractivity contribution is 0.175. The standard InChI is InChI=1S/C20H22FN7O/c1-27(17-8-12-2-5-15(24-12)19(17)21)20-23-10-16(25-26-20)14-4-3-13(9-18(14)29)28-7-6-22-11-28/h3-4,6-7,9-12,15,17,19,24,29H,2,5,8H2,1H3/t12-,15+,17-,19+/m1/s1. The monoisotopic (exact) mass is 395 g/mol. The van der Waals surface area contributed by atoms with Crippen LogP contribution in [0, 0.1) is 0 Å². The van der Waals surface area contributed by atoms with Crippen molar-refractivity contribution in [3.05, 3.63) is 43.1 Å². The summed E-state index contributed by atoms with van der Waals surface area (Å²) >= 11 is 0. The fraction of sp³-hybridized carbons (Fsp3) is 0.400. The number of nitrogens with one attached hydrogen (secondary N) is 1. The van der Waals surface area contributed by atoms with Gasteiger partial charge in [-0.05, 0) is 31.4 Å². The largest absolute Gasteiger partial charge is 0.507 e. The summed E-state index contributed by atoms with van der Waals surface area (Å²) in [7, 11) is 1.82. The van der Waals surface area contributed by atoms with Gasteiger partial charge in [0.25, 0.3) is 0 Å². The first kappa shape index (κ1) is 18.0. The van der Waals surface area contributed by atoms with Crippen LogP contribution < -0.4 is 10.2 Å². The number of alkyl halides is 1. The number of imidazole rings is 1. The molecule has 3 aromatic rings. The average molecular weight is 395 g/mol. The molecule has 5 rings (SSSR count). The molecular weight excluding hydrogens is 373 g/mol. The number of aromatic hydroxyl groups is 1. The molecule has 0 aliphatic carbocycles. The van der Waals surface area contributed by atoms with E-state index in [-0.39, 0.29) is 17.8 Å². The summed E-state index contributed by atoms with van der Waals surface area (Å²) in [6, 6.07) is 5.28. The highest BCUT2D eigenvalue weighted by atomic mass is 19.1. The van der Waals surface area contributed by atoms with Crippen molar-refractivity contribution in [2.75, 3.05) is 11.9 Å². The molecule has 4 atom stereocenters. The van der Waals surface area contributed by atoms with Gasteiger partial charge in [-0.1, -0.05) is 0 Å². The Kier molecular flexibility index (Phi) is 4.39. The number of rotatable bonds is 4. The Hall–Kier alpha value is -3.07. The number of fused-ring (bicyclic) bond motifs is 2. The number of hydrogen-bond donors (Lipinski definition) is 2. The number of aromatic nitrogens is 5. The van der Waals surface area contributed by atoms with E-state index in [2.05, 4.69) is 25.5 Å². The average Bonchev–Trinajstić information content (AvgIpc) is 3.41. The van der Waals surface area contributed by atoms with Gasteiger partial charge in [0, 0.05) is 43.2 Å². The van der Waals surface area contributed by atoms with E-state index in [9.17, 15) is 9.50 Å². The van der Waals surface area contributed by atoms with Gasteiger partial charge in [0.05, 0.1) is 24.3 Å². The first-order valence-electron chi connectivity index (χ1n) is 9.74. The fourth-order valence-corrected chi connectivity index (χ4v) is 4.36. The minimum absolute atomic E-state index is 0.0761. The fourth-order valence-electron chi connectivity index (χ4n) is 4.36. The summed E-state index contributed by atoms with van der Waals surface area (Å²) in [5.41, 5.74) is 1.78. The first-order valence-corrected chi connectivity index (χ1v) is 9.74. The van der Waals surface area contributed by atoms with Crippen LogP contribution in [0.25, 0.3) is 16.9 Å². The molecule has 2 aliphatic rings. The maximum absolute atomic E-state index is 14.8. The van der Waals surface area contributed by atoms with Crippen LogP contribution in [-0.2, 0) is 0 Å². The van der Waals surface area contributed by atoms with Crippen LogP contribution in [0.5, 0.6) is 5.75 Å². The summed E-state index contributed by atoms with van der Waals surface area (Å²) in [5, 5.41) is 22.2. The maximum atomic E-state index is 14.8. The van der Waals surface area contributed by atoms with Crippen LogP contribution >= 0.6 is 0 Å². The predicted molar refractivity (Wildman–Crippen MR) is 106 cm³/mol. The van der Waals surface area contributed by atoms with Gasteiger partial charge in [0.1, 0.15) is 17.6 Å². The van der Waals surface area contributed by atoms with Crippen molar-refractivity contribution in [1.82, 2.24) is 30.0 Å². The van der Waals surface area contributed by atoms with Crippen LogP contribution in [0.1, 0.15) is 19.3 Å². The molecule has 9 heteroatoms. The molecule has 2 saturated heterocycles. The molecule has 29 heavy (non-hydrogen) atoms. The van der Waals surface area contributed by atoms with Gasteiger partial charge < -0.3 is 19.9 Å². The third-order valence-electron chi connectivity index (χ3n) is 5.98. The SMILES string of the molecule is CN(c1ncc(-c2ccc(-n3ccnc3)cc2O)nn1)[C@@H]1C[C@H]2CC[C@H](N2)[C@@H]1F. The molecule has 0 amide bonds. The second-order valence-corrected chi connectivity index (χ2v) is 7.72. The molecule has 2 bridgehead atoms. The molecule has 1 aromatic carbocycles. The zero-order valence-electron chi connectivity index (χ0n) is 16.0. The highest BCUT2D eigenvalue weighted by Gasteiger charge is 2.44. The van der Waals surface area contributed by atoms with E-state index < -0.39 is 6.17 Å². The summed E-state index contributed by atoms with van der Waals surface area (Å²) < 4.78 is 16.6. The van der Waals surface area contributed by atoms with Crippen LogP contribution in [0.2, 0.25) is 0 Å². The first-order chi connectivity index (χ1) is 14.1. The number of nitrogens with zero attached hydrogens (tertiary/aromatic N) is 6. The Labute approximate surface area is 167 Å². The highest BCUT2D eigenvalue weighted by molar-refractivity contribution is 5.68. The topological polar surface area (TPSA) is 92.0 Å². The highest BCUT2D eigenvalue weighted by Crippen LogP contribution is 2.33. The lowest BCUT2D eigenvalue weighted by Gasteiger charge is -2.38. The lowest BCUT2D eigenvalue weighted by Crippen LogP contribution is -2.55. The molecular formula is C20H22FN7O. The third-order valence-corrected chi connectivity index (χ3v) is 5.98. The minimum atomic E-state index is -0.957. The summed E-state index contributed by atoms with van der Waals surface area (Å²) in [4.78, 5) is 10.2. The van der Waals surface area contributed by atoms with Crippen molar-refractivity contribution in [2.45, 2.75) is 43.6 Å². The van der Waals surface area contributed by atoms with Crippen molar-refractivity contribution < 1.29 is 9.50 Å². The lowest BCUT2D eigenvalue weighted by atomic mass is 9.97. The molecule has 8 nitrogen and oxygen atoms in total. The molecule has 150 valence electrons. The van der Waals surface area contributed by atoms with Crippen molar-refractivity contribution in [3.63, 3.8) is 0 Å². The van der Waals surface area contributed by atoms with Gasteiger partial charge in [0.2, 0.25) is 5.95 Å². The zero-order valence-corrected chi connectivity index (χ0v) is 16.0. The molecule has 2 aliphatic heterocycles. The number of benzene rings is 1. The number of anilines is 1. The Morgan fingerprint density at radius 2 is 2.17 bits per heavy atom. The molecule has 2 fully saturated rings. The molecule has 2 N–H and O–H groups in total. The van der Waals surface area contributed by atoms with Gasteiger partial charge in [-0.25, -0.2) is 14.4 Å². The smallest absolute Gasteiger partial charge is 0.245 e. The van der Waals surface area contributed by atoms with Crippen molar-refractivity contribution in [3.8, 4) is 22.7 Å². The van der Waals surface area contributed by atoms with Gasteiger partial charge in [0.15, 0.2) is 0 Å². The number of piperidine rings is 1. The Morgan fingerprint density at radius 3 is 2.90 bits per heavy atom. The predicted octanol–water partition coefficient (Wildman–Crippen LogP) is 2.10. The molecule has 0 saturated carbocycles. The van der Waals surface area contributed by atoms with E-state index in [1.54, 1.807) is 46.5 Å². The number of phenols is 1. The van der Waals surface area contributed by atoms with Crippen molar-refractivity contribution in [1.29, 1.82) is 0 Å². The van der Waals surface area contributed by atoms with Crippen LogP contribution in [0.15, 0.2) is 43.1 Å². The quantitative estimate of drug-likeness (QED) is 0.699. The van der Waals surface area contributed by atoms with E-state index >= 15 is 0 Å². The summed E-state index contributed by atoms with van der Waals surface area (Å²) in [5.74, 6) is 0.462. The molecule has 2 aromatic heterocycles. The van der Waals surface area contributed by atoms with Gasteiger partial charge in [-0.15, -0.1) is 10.2 Å². The second-order valence-electron chi connectivity index (χ2n) is 7.72. The van der Waals surface area contributed by atoms with Crippen LogP contribution in [-0.4, -0.2) is 61.2 Å². The molecule has 0 radical (unpaired) electrons. The van der Waals surface area contributed by atoms with Crippen LogP contribution in [0.3, 0.4) is 0 Å². The Morgan fingerprint density at radius 1 is 1.28 bits per heavy atom. The van der Waals surface area contributed by atoms with Gasteiger partial charge in [-0.2, -0.15) is 0 Å². The summed E-state index contributed by atoms with van der Waals surface area (Å²) in [6.07, 6.45) is 8.36. The van der Waals surface area contributed by atoms with Crippen molar-refractivity contribution >= 4 is 5.95 Å². The normalized spacial score (nSPS) is 25.9. The van der Waals surface area contributed by atoms with Crippen molar-refractivity contribution in [2.24, 2.45) is 0 Å². The third kappa shape index (κ3) is 3.21. The zero-order chi connectivity index (χ0) is 20.0. The number of halogens is 1. The number of phenolic OH excluding ortho intramolecular Hbond substituents is 1. The van der Waals surface area contributed by atoms with Gasteiger partial charge in [-0.3, -0.25) is 0 Å². The number of hydrogen-bond acceptors (Lipinski definition) is 7. The Balaban J connectivity index is 1.36. The Bertz CT molecular complexity index is 995. The van der Waals surface area contributed by atoms with E-state index in [4.69, 9.17) is 0 Å². The summed E-state index contributed by atoms with van der Waals surface area (Å²) in [6.45, 7) is 0. The van der Waals surface area contributed by atoms with E-state index in [0.717, 1.165) is 24.9 Å². The van der Waals surface area contributed by atoms with Crippen LogP contribution in [0.4, 0.5) is 10.3 Å². The molecule has 4 heterocycles. The van der Waals surface area contributed by atoms with E-state index in [1.165, 1.54) is 0 Å². The van der Waals surface area contributed by atoms with E-state index in [0.29, 0.717) is 23.2 Å². The maximum Gasteiger partial charge on any atom is 0.245 e.